The summed E-state index contributed by atoms with van der Waals surface area (Å²) in [5.41, 5.74) is 1.35. The van der Waals surface area contributed by atoms with Gasteiger partial charge in [0.25, 0.3) is 5.56 Å². The number of nitrogens with one attached hydrogen (secondary N) is 1. The van der Waals surface area contributed by atoms with Crippen LogP contribution in [0.3, 0.4) is 0 Å². The lowest BCUT2D eigenvalue weighted by molar-refractivity contribution is 0.625. The van der Waals surface area contributed by atoms with Gasteiger partial charge in [0.2, 0.25) is 0 Å². The van der Waals surface area contributed by atoms with Gasteiger partial charge in [-0.2, -0.15) is 0 Å². The van der Waals surface area contributed by atoms with Crippen LogP contribution in [-0.4, -0.2) is 9.97 Å². The van der Waals surface area contributed by atoms with Crippen molar-refractivity contribution in [3.05, 3.63) is 63.3 Å². The fourth-order valence-electron chi connectivity index (χ4n) is 1.92. The normalized spacial score (nSPS) is 13.3. The Balaban J connectivity index is 2.50. The van der Waals surface area contributed by atoms with Crippen molar-refractivity contribution in [1.29, 1.82) is 0 Å². The first-order chi connectivity index (χ1) is 9.82. The molecule has 2 rings (SSSR count). The Morgan fingerprint density at radius 1 is 1.32 bits per heavy atom. The number of rotatable bonds is 4. The molecule has 0 bridgehead atoms. The van der Waals surface area contributed by atoms with E-state index >= 15 is 0 Å². The smallest absolute Gasteiger partial charge is 0.270 e. The number of aromatic nitrogens is 2. The summed E-state index contributed by atoms with van der Waals surface area (Å²) in [7, 11) is 0. The highest BCUT2D eigenvalue weighted by atomic mass is 16.1. The van der Waals surface area contributed by atoms with Crippen LogP contribution in [0.15, 0.2) is 35.1 Å². The van der Waals surface area contributed by atoms with E-state index < -0.39 is 11.9 Å². The molecule has 0 saturated heterocycles. The molecule has 2 aromatic rings. The zero-order valence-electron chi connectivity index (χ0n) is 13.5. The molecule has 0 aliphatic rings. The molecular formula is C16H20N2O. The summed E-state index contributed by atoms with van der Waals surface area (Å²) in [5, 5.41) is 0. The Morgan fingerprint density at radius 2 is 2.00 bits per heavy atom. The first-order valence-corrected chi connectivity index (χ1v) is 6.48. The highest BCUT2D eigenvalue weighted by molar-refractivity contribution is 5.22. The molecule has 0 unspecified atom stereocenters. The van der Waals surface area contributed by atoms with Crippen LogP contribution in [0.1, 0.15) is 39.2 Å². The molecular weight excluding hydrogens is 236 g/mol. The maximum Gasteiger partial charge on any atom is 0.270 e. The Morgan fingerprint density at radius 3 is 2.63 bits per heavy atom. The highest BCUT2D eigenvalue weighted by Crippen LogP contribution is 2.09. The van der Waals surface area contributed by atoms with Gasteiger partial charge in [0.05, 0.1) is 5.69 Å². The molecule has 1 N–H and O–H groups in total. The molecule has 1 aromatic carbocycles. The third kappa shape index (κ3) is 3.53. The summed E-state index contributed by atoms with van der Waals surface area (Å²) >= 11 is 0. The molecule has 0 aliphatic carbocycles. The van der Waals surface area contributed by atoms with Gasteiger partial charge in [-0.1, -0.05) is 44.2 Å². The van der Waals surface area contributed by atoms with E-state index in [2.05, 4.69) is 23.8 Å². The number of aryl methyl sites for hydroxylation is 1. The quantitative estimate of drug-likeness (QED) is 0.916. The van der Waals surface area contributed by atoms with Gasteiger partial charge in [0.15, 0.2) is 0 Å². The van der Waals surface area contributed by atoms with Crippen LogP contribution in [0.25, 0.3) is 0 Å². The van der Waals surface area contributed by atoms with Crippen molar-refractivity contribution < 1.29 is 2.74 Å². The molecule has 0 atom stereocenters. The number of hydrogen-bond acceptors (Lipinski definition) is 2. The molecule has 0 fully saturated rings. The third-order valence-electron chi connectivity index (χ3n) is 2.84. The molecule has 1 aromatic heterocycles. The molecule has 0 aliphatic heterocycles. The summed E-state index contributed by atoms with van der Waals surface area (Å²) in [6.45, 7) is 5.93. The van der Waals surface area contributed by atoms with Crippen LogP contribution in [0.2, 0.25) is 0 Å². The Labute approximate surface area is 116 Å². The van der Waals surface area contributed by atoms with Gasteiger partial charge in [-0.25, -0.2) is 0 Å². The average molecular weight is 258 g/mol. The van der Waals surface area contributed by atoms with Crippen LogP contribution in [-0.2, 0) is 12.8 Å². The summed E-state index contributed by atoms with van der Waals surface area (Å²) in [6, 6.07) is 8.65. The van der Waals surface area contributed by atoms with Crippen molar-refractivity contribution in [1.82, 2.24) is 9.97 Å². The van der Waals surface area contributed by atoms with Gasteiger partial charge in [-0.3, -0.25) is 9.78 Å². The number of aromatic amines is 1. The second-order valence-corrected chi connectivity index (χ2v) is 5.07. The molecule has 0 saturated carbocycles. The van der Waals surface area contributed by atoms with E-state index in [9.17, 15) is 4.79 Å². The Kier molecular flexibility index (Phi) is 3.36. The Bertz CT molecular complexity index is 678. The minimum atomic E-state index is -1.91. The molecule has 100 valence electrons. The molecule has 3 nitrogen and oxygen atoms in total. The van der Waals surface area contributed by atoms with E-state index in [-0.39, 0.29) is 5.69 Å². The fraction of sp³-hybridized carbons (Fsp3) is 0.375. The zero-order chi connectivity index (χ0) is 15.6. The van der Waals surface area contributed by atoms with Crippen molar-refractivity contribution in [3.8, 4) is 0 Å². The van der Waals surface area contributed by atoms with Gasteiger partial charge < -0.3 is 4.98 Å². The second kappa shape index (κ2) is 5.83. The molecule has 19 heavy (non-hydrogen) atoms. The van der Waals surface area contributed by atoms with Crippen molar-refractivity contribution in [2.24, 2.45) is 5.92 Å². The van der Waals surface area contributed by atoms with E-state index in [1.54, 1.807) is 31.2 Å². The maximum atomic E-state index is 12.2. The first kappa shape index (κ1) is 11.0. The van der Waals surface area contributed by atoms with E-state index in [1.807, 2.05) is 6.07 Å². The van der Waals surface area contributed by atoms with Gasteiger partial charge in [0, 0.05) is 14.8 Å². The van der Waals surface area contributed by atoms with E-state index in [0.717, 1.165) is 12.1 Å². The average Bonchev–Trinajstić information content (AvgIpc) is 2.42. The predicted molar refractivity (Wildman–Crippen MR) is 77.4 cm³/mol. The predicted octanol–water partition coefficient (Wildman–Crippen LogP) is 2.87. The van der Waals surface area contributed by atoms with Gasteiger partial charge in [0.1, 0.15) is 5.69 Å². The molecule has 0 spiro atoms. The monoisotopic (exact) mass is 258 g/mol. The third-order valence-corrected chi connectivity index (χ3v) is 2.84. The van der Waals surface area contributed by atoms with Gasteiger partial charge in [-0.05, 0) is 24.8 Å². The molecule has 0 amide bonds. The van der Waals surface area contributed by atoms with Crippen LogP contribution in [0.4, 0.5) is 0 Å². The SMILES string of the molecule is [2H]C([2H])(c1ccccc1)c1nc(C)c(CC(C)C)[nH]c1=O. The Hall–Kier alpha value is -1.90. The van der Waals surface area contributed by atoms with Crippen LogP contribution >= 0.6 is 0 Å². The van der Waals surface area contributed by atoms with E-state index in [0.29, 0.717) is 17.2 Å². The number of H-pyrrole nitrogens is 1. The second-order valence-electron chi connectivity index (χ2n) is 5.07. The molecule has 1 heterocycles. The maximum absolute atomic E-state index is 12.2. The summed E-state index contributed by atoms with van der Waals surface area (Å²) in [6.07, 6.45) is -1.18. The molecule has 0 radical (unpaired) electrons. The van der Waals surface area contributed by atoms with Crippen molar-refractivity contribution in [2.75, 3.05) is 0 Å². The van der Waals surface area contributed by atoms with Crippen LogP contribution in [0.5, 0.6) is 0 Å². The van der Waals surface area contributed by atoms with E-state index in [4.69, 9.17) is 2.74 Å². The largest absolute Gasteiger partial charge is 0.323 e. The lowest BCUT2D eigenvalue weighted by Gasteiger charge is -2.09. The van der Waals surface area contributed by atoms with E-state index in [1.165, 1.54) is 0 Å². The highest BCUT2D eigenvalue weighted by Gasteiger charge is 2.09. The van der Waals surface area contributed by atoms with Gasteiger partial charge in [-0.15, -0.1) is 0 Å². The zero-order valence-corrected chi connectivity index (χ0v) is 11.5. The lowest BCUT2D eigenvalue weighted by atomic mass is 10.1. The lowest BCUT2D eigenvalue weighted by Crippen LogP contribution is -2.20. The summed E-state index contributed by atoms with van der Waals surface area (Å²) < 4.78 is 16.5. The standard InChI is InChI=1S/C16H20N2O/c1-11(2)9-14-12(3)17-15(16(19)18-14)10-13-7-5-4-6-8-13/h4-8,11H,9-10H2,1-3H3,(H,18,19)/i10D2. The summed E-state index contributed by atoms with van der Waals surface area (Å²) in [5.74, 6) is 0.401. The topological polar surface area (TPSA) is 45.8 Å². The van der Waals surface area contributed by atoms with Crippen molar-refractivity contribution in [3.63, 3.8) is 0 Å². The van der Waals surface area contributed by atoms with Crippen LogP contribution < -0.4 is 5.56 Å². The first-order valence-electron chi connectivity index (χ1n) is 7.48. The number of benzene rings is 1. The van der Waals surface area contributed by atoms with Crippen molar-refractivity contribution >= 4 is 0 Å². The summed E-state index contributed by atoms with van der Waals surface area (Å²) in [4.78, 5) is 19.3. The number of hydrogen-bond donors (Lipinski definition) is 1. The minimum absolute atomic E-state index is 0.0845. The fourth-order valence-corrected chi connectivity index (χ4v) is 1.92. The minimum Gasteiger partial charge on any atom is -0.323 e. The number of nitrogens with zero attached hydrogens (tertiary/aromatic N) is 1. The molecule has 3 heteroatoms. The van der Waals surface area contributed by atoms with Gasteiger partial charge >= 0.3 is 0 Å². The van der Waals surface area contributed by atoms with Crippen molar-refractivity contribution in [2.45, 2.75) is 33.6 Å². The van der Waals surface area contributed by atoms with Crippen LogP contribution in [0, 0.1) is 12.8 Å².